The van der Waals surface area contributed by atoms with E-state index in [9.17, 15) is 4.39 Å². The van der Waals surface area contributed by atoms with Gasteiger partial charge in [0.05, 0.1) is 0 Å². The van der Waals surface area contributed by atoms with Gasteiger partial charge in [0.25, 0.3) is 0 Å². The third kappa shape index (κ3) is 2.55. The topological polar surface area (TPSA) is 12.0 Å². The molecule has 0 aliphatic heterocycles. The SMILES string of the molecule is CCCC(NC)c1cc(C)ccc1F. The van der Waals surface area contributed by atoms with Crippen LogP contribution in [0.3, 0.4) is 0 Å². The molecule has 0 aliphatic carbocycles. The number of rotatable bonds is 4. The summed E-state index contributed by atoms with van der Waals surface area (Å²) in [6.07, 6.45) is 2.02. The molecule has 2 heteroatoms. The van der Waals surface area contributed by atoms with E-state index in [4.69, 9.17) is 0 Å². The molecule has 0 heterocycles. The van der Waals surface area contributed by atoms with Gasteiger partial charge in [-0.1, -0.05) is 31.0 Å². The minimum atomic E-state index is -0.108. The zero-order valence-corrected chi connectivity index (χ0v) is 9.10. The first kappa shape index (κ1) is 11.2. The Labute approximate surface area is 85.3 Å². The minimum absolute atomic E-state index is 0.108. The number of halogens is 1. The third-order valence-electron chi connectivity index (χ3n) is 2.45. The van der Waals surface area contributed by atoms with Crippen molar-refractivity contribution in [2.45, 2.75) is 32.7 Å². The molecule has 78 valence electrons. The summed E-state index contributed by atoms with van der Waals surface area (Å²) >= 11 is 0. The second-order valence-corrected chi connectivity index (χ2v) is 3.65. The predicted molar refractivity (Wildman–Crippen MR) is 57.8 cm³/mol. The van der Waals surface area contributed by atoms with Gasteiger partial charge in [0, 0.05) is 11.6 Å². The van der Waals surface area contributed by atoms with Gasteiger partial charge in [-0.25, -0.2) is 4.39 Å². The van der Waals surface area contributed by atoms with E-state index in [1.165, 1.54) is 0 Å². The lowest BCUT2D eigenvalue weighted by molar-refractivity contribution is 0.503. The van der Waals surface area contributed by atoms with Crippen molar-refractivity contribution in [3.8, 4) is 0 Å². The maximum Gasteiger partial charge on any atom is 0.127 e. The Morgan fingerprint density at radius 1 is 1.43 bits per heavy atom. The van der Waals surface area contributed by atoms with Crippen molar-refractivity contribution in [1.82, 2.24) is 5.32 Å². The lowest BCUT2D eigenvalue weighted by atomic mass is 10.00. The monoisotopic (exact) mass is 195 g/mol. The molecule has 1 nitrogen and oxygen atoms in total. The molecule has 0 aromatic heterocycles. The molecule has 1 aromatic carbocycles. The Balaban J connectivity index is 2.96. The average molecular weight is 195 g/mol. The van der Waals surface area contributed by atoms with Crippen molar-refractivity contribution < 1.29 is 4.39 Å². The van der Waals surface area contributed by atoms with Crippen LogP contribution in [0.1, 0.15) is 36.9 Å². The molecule has 0 spiro atoms. The maximum atomic E-state index is 13.5. The van der Waals surface area contributed by atoms with Gasteiger partial charge in [-0.2, -0.15) is 0 Å². The molecule has 0 saturated carbocycles. The second kappa shape index (κ2) is 5.11. The fourth-order valence-corrected chi connectivity index (χ4v) is 1.67. The van der Waals surface area contributed by atoms with E-state index in [0.29, 0.717) is 0 Å². The van der Waals surface area contributed by atoms with Crippen LogP contribution in [-0.4, -0.2) is 7.05 Å². The van der Waals surface area contributed by atoms with Gasteiger partial charge in [-0.05, 0) is 26.5 Å². The highest BCUT2D eigenvalue weighted by Gasteiger charge is 2.12. The van der Waals surface area contributed by atoms with E-state index in [2.05, 4.69) is 12.2 Å². The summed E-state index contributed by atoms with van der Waals surface area (Å²) < 4.78 is 13.5. The molecule has 0 radical (unpaired) electrons. The van der Waals surface area contributed by atoms with Crippen LogP contribution in [0.15, 0.2) is 18.2 Å². The highest BCUT2D eigenvalue weighted by molar-refractivity contribution is 5.26. The Morgan fingerprint density at radius 2 is 2.14 bits per heavy atom. The van der Waals surface area contributed by atoms with E-state index in [0.717, 1.165) is 24.0 Å². The van der Waals surface area contributed by atoms with Crippen molar-refractivity contribution in [3.63, 3.8) is 0 Å². The summed E-state index contributed by atoms with van der Waals surface area (Å²) in [6.45, 7) is 4.10. The van der Waals surface area contributed by atoms with Crippen LogP contribution in [0.4, 0.5) is 4.39 Å². The van der Waals surface area contributed by atoms with Crippen LogP contribution in [0.25, 0.3) is 0 Å². The number of hydrogen-bond donors (Lipinski definition) is 1. The van der Waals surface area contributed by atoms with Gasteiger partial charge in [0.1, 0.15) is 5.82 Å². The standard InChI is InChI=1S/C12H18FN/c1-4-5-12(14-3)10-8-9(2)6-7-11(10)13/h6-8,12,14H,4-5H2,1-3H3. The van der Waals surface area contributed by atoms with Crippen molar-refractivity contribution in [3.05, 3.63) is 35.1 Å². The first-order chi connectivity index (χ1) is 6.69. The zero-order valence-electron chi connectivity index (χ0n) is 9.10. The molecule has 0 aliphatic rings. The van der Waals surface area contributed by atoms with Crippen molar-refractivity contribution >= 4 is 0 Å². The molecule has 0 fully saturated rings. The van der Waals surface area contributed by atoms with Gasteiger partial charge < -0.3 is 5.32 Å². The summed E-state index contributed by atoms with van der Waals surface area (Å²) in [4.78, 5) is 0. The number of aryl methyl sites for hydroxylation is 1. The first-order valence-corrected chi connectivity index (χ1v) is 5.12. The molecule has 1 aromatic rings. The minimum Gasteiger partial charge on any atom is -0.313 e. The Morgan fingerprint density at radius 3 is 2.71 bits per heavy atom. The van der Waals surface area contributed by atoms with Gasteiger partial charge in [-0.15, -0.1) is 0 Å². The van der Waals surface area contributed by atoms with Gasteiger partial charge in [-0.3, -0.25) is 0 Å². The summed E-state index contributed by atoms with van der Waals surface area (Å²) in [5, 5.41) is 3.15. The quantitative estimate of drug-likeness (QED) is 0.778. The van der Waals surface area contributed by atoms with E-state index < -0.39 is 0 Å². The van der Waals surface area contributed by atoms with E-state index in [1.54, 1.807) is 12.1 Å². The maximum absolute atomic E-state index is 13.5. The normalized spacial score (nSPS) is 12.9. The molecular weight excluding hydrogens is 177 g/mol. The molecule has 1 atom stereocenters. The first-order valence-electron chi connectivity index (χ1n) is 5.12. The number of nitrogens with one attached hydrogen (secondary N) is 1. The predicted octanol–water partition coefficient (Wildman–Crippen LogP) is 3.19. The molecular formula is C12H18FN. The lowest BCUT2D eigenvalue weighted by Crippen LogP contribution is -2.17. The molecule has 14 heavy (non-hydrogen) atoms. The van der Waals surface area contributed by atoms with Gasteiger partial charge >= 0.3 is 0 Å². The molecule has 1 unspecified atom stereocenters. The molecule has 1 rings (SSSR count). The number of hydrogen-bond acceptors (Lipinski definition) is 1. The summed E-state index contributed by atoms with van der Waals surface area (Å²) in [7, 11) is 1.88. The highest BCUT2D eigenvalue weighted by Crippen LogP contribution is 2.22. The second-order valence-electron chi connectivity index (χ2n) is 3.65. The van der Waals surface area contributed by atoms with Crippen molar-refractivity contribution in [2.75, 3.05) is 7.05 Å². The fraction of sp³-hybridized carbons (Fsp3) is 0.500. The molecule has 0 saturated heterocycles. The summed E-state index contributed by atoms with van der Waals surface area (Å²) in [5.74, 6) is -0.108. The molecule has 0 amide bonds. The smallest absolute Gasteiger partial charge is 0.127 e. The van der Waals surface area contributed by atoms with Crippen LogP contribution in [0.2, 0.25) is 0 Å². The average Bonchev–Trinajstić information content (AvgIpc) is 2.18. The lowest BCUT2D eigenvalue weighted by Gasteiger charge is -2.16. The molecule has 1 N–H and O–H groups in total. The van der Waals surface area contributed by atoms with Crippen molar-refractivity contribution in [1.29, 1.82) is 0 Å². The number of benzene rings is 1. The van der Waals surface area contributed by atoms with Crippen LogP contribution in [0, 0.1) is 12.7 Å². The molecule has 0 bridgehead atoms. The van der Waals surface area contributed by atoms with E-state index in [-0.39, 0.29) is 11.9 Å². The Kier molecular flexibility index (Phi) is 4.08. The van der Waals surface area contributed by atoms with Crippen LogP contribution in [-0.2, 0) is 0 Å². The van der Waals surface area contributed by atoms with Gasteiger partial charge in [0.2, 0.25) is 0 Å². The Hall–Kier alpha value is -0.890. The zero-order chi connectivity index (χ0) is 10.6. The van der Waals surface area contributed by atoms with Crippen LogP contribution >= 0.6 is 0 Å². The summed E-state index contributed by atoms with van der Waals surface area (Å²) in [6, 6.07) is 5.41. The van der Waals surface area contributed by atoms with Gasteiger partial charge in [0.15, 0.2) is 0 Å². The Bertz CT molecular complexity index is 296. The highest BCUT2D eigenvalue weighted by atomic mass is 19.1. The van der Waals surface area contributed by atoms with Crippen molar-refractivity contribution in [2.24, 2.45) is 0 Å². The fourth-order valence-electron chi connectivity index (χ4n) is 1.67. The van der Waals surface area contributed by atoms with E-state index in [1.807, 2.05) is 20.0 Å². The van der Waals surface area contributed by atoms with Crippen LogP contribution in [0.5, 0.6) is 0 Å². The van der Waals surface area contributed by atoms with E-state index >= 15 is 0 Å². The largest absolute Gasteiger partial charge is 0.313 e. The third-order valence-corrected chi connectivity index (χ3v) is 2.45. The van der Waals surface area contributed by atoms with Crippen LogP contribution < -0.4 is 5.32 Å². The summed E-state index contributed by atoms with van der Waals surface area (Å²) in [5.41, 5.74) is 1.90.